The molecule has 1 aliphatic rings. The van der Waals surface area contributed by atoms with Gasteiger partial charge in [-0.25, -0.2) is 0 Å². The van der Waals surface area contributed by atoms with Crippen molar-refractivity contribution in [2.75, 3.05) is 32.8 Å². The Morgan fingerprint density at radius 2 is 2.19 bits per heavy atom. The van der Waals surface area contributed by atoms with Crippen molar-refractivity contribution in [1.82, 2.24) is 20.0 Å². The average Bonchev–Trinajstić information content (AvgIpc) is 2.87. The fraction of sp³-hybridized carbons (Fsp3) is 0.615. The van der Waals surface area contributed by atoms with Crippen LogP contribution in [-0.4, -0.2) is 70.6 Å². The number of carbonyl (C=O) groups is 2. The van der Waals surface area contributed by atoms with Crippen LogP contribution < -0.4 is 5.32 Å². The molecule has 1 amide bonds. The van der Waals surface area contributed by atoms with Crippen LogP contribution in [0.2, 0.25) is 0 Å². The van der Waals surface area contributed by atoms with Gasteiger partial charge in [-0.15, -0.1) is 0 Å². The average molecular weight is 296 g/mol. The number of hydrogen-bond donors (Lipinski definition) is 2. The minimum absolute atomic E-state index is 0.00146. The van der Waals surface area contributed by atoms with Gasteiger partial charge in [0.1, 0.15) is 6.54 Å². The Kier molecular flexibility index (Phi) is 5.29. The molecule has 2 heterocycles. The molecule has 1 aliphatic heterocycles. The van der Waals surface area contributed by atoms with Crippen LogP contribution in [0.15, 0.2) is 12.4 Å². The maximum Gasteiger partial charge on any atom is 0.325 e. The molecule has 0 saturated carbocycles. The summed E-state index contributed by atoms with van der Waals surface area (Å²) in [5, 5.41) is 15.4. The Hall–Kier alpha value is -1.93. The number of aromatic nitrogens is 2. The first-order valence-corrected chi connectivity index (χ1v) is 6.90. The van der Waals surface area contributed by atoms with Crippen molar-refractivity contribution in [3.63, 3.8) is 0 Å². The Labute approximate surface area is 122 Å². The molecule has 8 heteroatoms. The van der Waals surface area contributed by atoms with Gasteiger partial charge in [-0.3, -0.25) is 19.2 Å². The topological polar surface area (TPSA) is 96.7 Å². The Balaban J connectivity index is 1.82. The Morgan fingerprint density at radius 3 is 2.86 bits per heavy atom. The number of nitrogens with zero attached hydrogens (tertiary/aromatic N) is 3. The van der Waals surface area contributed by atoms with Crippen LogP contribution in [0.3, 0.4) is 0 Å². The molecule has 1 aromatic heterocycles. The van der Waals surface area contributed by atoms with E-state index in [-0.39, 0.29) is 18.5 Å². The van der Waals surface area contributed by atoms with Gasteiger partial charge in [-0.05, 0) is 6.92 Å². The van der Waals surface area contributed by atoms with Gasteiger partial charge in [0.25, 0.3) is 5.91 Å². The fourth-order valence-corrected chi connectivity index (χ4v) is 2.23. The van der Waals surface area contributed by atoms with Crippen molar-refractivity contribution in [1.29, 1.82) is 0 Å². The van der Waals surface area contributed by atoms with Gasteiger partial charge >= 0.3 is 5.97 Å². The fourth-order valence-electron chi connectivity index (χ4n) is 2.23. The second-order valence-electron chi connectivity index (χ2n) is 5.11. The molecule has 2 rings (SSSR count). The van der Waals surface area contributed by atoms with Crippen molar-refractivity contribution in [3.05, 3.63) is 18.0 Å². The summed E-state index contributed by atoms with van der Waals surface area (Å²) in [6, 6.07) is -0.00146. The first kappa shape index (κ1) is 15.5. The number of aliphatic carboxylic acids is 1. The van der Waals surface area contributed by atoms with Crippen molar-refractivity contribution in [2.45, 2.75) is 19.5 Å². The first-order chi connectivity index (χ1) is 10.0. The summed E-state index contributed by atoms with van der Waals surface area (Å²) in [7, 11) is 0. The van der Waals surface area contributed by atoms with Crippen LogP contribution in [0.1, 0.15) is 17.3 Å². The predicted octanol–water partition coefficient (Wildman–Crippen LogP) is -0.582. The molecular weight excluding hydrogens is 276 g/mol. The molecule has 1 fully saturated rings. The van der Waals surface area contributed by atoms with E-state index in [4.69, 9.17) is 9.84 Å². The second-order valence-corrected chi connectivity index (χ2v) is 5.11. The third-order valence-electron chi connectivity index (χ3n) is 3.21. The van der Waals surface area contributed by atoms with Gasteiger partial charge in [-0.2, -0.15) is 5.10 Å². The number of amides is 1. The van der Waals surface area contributed by atoms with Crippen molar-refractivity contribution in [2.24, 2.45) is 0 Å². The van der Waals surface area contributed by atoms with Gasteiger partial charge in [-0.1, -0.05) is 0 Å². The van der Waals surface area contributed by atoms with Gasteiger partial charge in [0.15, 0.2) is 0 Å². The van der Waals surface area contributed by atoms with E-state index in [9.17, 15) is 9.59 Å². The SMILES string of the molecule is CC(CN1CCOCC1)NC(=O)c1cnn(CC(=O)O)c1. The molecule has 2 N–H and O–H groups in total. The van der Waals surface area contributed by atoms with Crippen molar-refractivity contribution >= 4 is 11.9 Å². The van der Waals surface area contributed by atoms with E-state index < -0.39 is 5.97 Å². The third kappa shape index (κ3) is 4.83. The lowest BCUT2D eigenvalue weighted by Gasteiger charge is -2.29. The summed E-state index contributed by atoms with van der Waals surface area (Å²) in [4.78, 5) is 24.8. The Morgan fingerprint density at radius 1 is 1.48 bits per heavy atom. The molecule has 1 atom stereocenters. The summed E-state index contributed by atoms with van der Waals surface area (Å²) >= 11 is 0. The minimum atomic E-state index is -0.995. The van der Waals surface area contributed by atoms with E-state index in [0.29, 0.717) is 5.56 Å². The lowest BCUT2D eigenvalue weighted by Crippen LogP contribution is -2.45. The number of rotatable bonds is 6. The van der Waals surface area contributed by atoms with Gasteiger partial charge < -0.3 is 15.2 Å². The van der Waals surface area contributed by atoms with E-state index in [2.05, 4.69) is 15.3 Å². The lowest BCUT2D eigenvalue weighted by atomic mass is 10.2. The van der Waals surface area contributed by atoms with Gasteiger partial charge in [0.05, 0.1) is 25.0 Å². The van der Waals surface area contributed by atoms with Gasteiger partial charge in [0.2, 0.25) is 0 Å². The number of ether oxygens (including phenoxy) is 1. The molecule has 0 bridgehead atoms. The largest absolute Gasteiger partial charge is 0.480 e. The normalized spacial score (nSPS) is 17.4. The zero-order chi connectivity index (χ0) is 15.2. The Bertz CT molecular complexity index is 496. The van der Waals surface area contributed by atoms with Crippen LogP contribution in [-0.2, 0) is 16.1 Å². The van der Waals surface area contributed by atoms with Crippen LogP contribution in [0.5, 0.6) is 0 Å². The molecule has 0 aromatic carbocycles. The van der Waals surface area contributed by atoms with Crippen LogP contribution >= 0.6 is 0 Å². The summed E-state index contributed by atoms with van der Waals surface area (Å²) in [6.07, 6.45) is 2.81. The monoisotopic (exact) mass is 296 g/mol. The predicted molar refractivity (Wildman–Crippen MR) is 74.1 cm³/mol. The molecule has 0 aliphatic carbocycles. The third-order valence-corrected chi connectivity index (χ3v) is 3.21. The molecule has 1 unspecified atom stereocenters. The van der Waals surface area contributed by atoms with Crippen molar-refractivity contribution < 1.29 is 19.4 Å². The molecule has 21 heavy (non-hydrogen) atoms. The van der Waals surface area contributed by atoms with Crippen LogP contribution in [0, 0.1) is 0 Å². The number of nitrogens with one attached hydrogen (secondary N) is 1. The number of carboxylic acid groups (broad SMARTS) is 1. The van der Waals surface area contributed by atoms with Crippen molar-refractivity contribution in [3.8, 4) is 0 Å². The zero-order valence-electron chi connectivity index (χ0n) is 12.0. The lowest BCUT2D eigenvalue weighted by molar-refractivity contribution is -0.137. The summed E-state index contributed by atoms with van der Waals surface area (Å²) in [6.45, 7) is 5.64. The summed E-state index contributed by atoms with van der Waals surface area (Å²) < 4.78 is 6.50. The molecular formula is C13H20N4O4. The van der Waals surface area contributed by atoms with E-state index in [1.165, 1.54) is 17.1 Å². The highest BCUT2D eigenvalue weighted by Crippen LogP contribution is 2.01. The first-order valence-electron chi connectivity index (χ1n) is 6.90. The molecule has 8 nitrogen and oxygen atoms in total. The van der Waals surface area contributed by atoms with E-state index in [0.717, 1.165) is 32.8 Å². The van der Waals surface area contributed by atoms with Crippen LogP contribution in [0.25, 0.3) is 0 Å². The molecule has 1 aromatic rings. The highest BCUT2D eigenvalue weighted by molar-refractivity contribution is 5.93. The zero-order valence-corrected chi connectivity index (χ0v) is 12.0. The second kappa shape index (κ2) is 7.19. The molecule has 0 spiro atoms. The maximum atomic E-state index is 12.0. The number of carbonyl (C=O) groups excluding carboxylic acids is 1. The molecule has 116 valence electrons. The number of morpholine rings is 1. The van der Waals surface area contributed by atoms with E-state index in [1.54, 1.807) is 0 Å². The molecule has 1 saturated heterocycles. The highest BCUT2D eigenvalue weighted by Gasteiger charge is 2.17. The van der Waals surface area contributed by atoms with E-state index >= 15 is 0 Å². The highest BCUT2D eigenvalue weighted by atomic mass is 16.5. The van der Waals surface area contributed by atoms with E-state index in [1.807, 2.05) is 6.92 Å². The van der Waals surface area contributed by atoms with Gasteiger partial charge in [0, 0.05) is 31.9 Å². The standard InChI is InChI=1S/C13H20N4O4/c1-10(7-16-2-4-21-5-3-16)15-13(20)11-6-14-17(8-11)9-12(18)19/h6,8,10H,2-5,7,9H2,1H3,(H,15,20)(H,18,19). The maximum absolute atomic E-state index is 12.0. The quantitative estimate of drug-likeness (QED) is 0.729. The molecule has 0 radical (unpaired) electrons. The number of carboxylic acids is 1. The minimum Gasteiger partial charge on any atom is -0.480 e. The summed E-state index contributed by atoms with van der Waals surface area (Å²) in [5.74, 6) is -1.24. The van der Waals surface area contributed by atoms with Crippen LogP contribution in [0.4, 0.5) is 0 Å². The smallest absolute Gasteiger partial charge is 0.325 e. The number of hydrogen-bond acceptors (Lipinski definition) is 5. The summed E-state index contributed by atoms with van der Waals surface area (Å²) in [5.41, 5.74) is 0.366.